The lowest BCUT2D eigenvalue weighted by atomic mass is 10.1. The number of para-hydroxylation sites is 1. The second-order valence-electron chi connectivity index (χ2n) is 4.85. The first-order chi connectivity index (χ1) is 8.20. The summed E-state index contributed by atoms with van der Waals surface area (Å²) in [5, 5.41) is 13.2. The van der Waals surface area contributed by atoms with Gasteiger partial charge >= 0.3 is 0 Å². The van der Waals surface area contributed by atoms with E-state index >= 15 is 0 Å². The minimum atomic E-state index is -0.287. The van der Waals surface area contributed by atoms with Crippen molar-refractivity contribution in [1.29, 1.82) is 0 Å². The van der Waals surface area contributed by atoms with Gasteiger partial charge in [0.05, 0.1) is 6.10 Å². The normalized spacial score (nSPS) is 25.7. The number of aryl methyl sites for hydroxylation is 1. The van der Waals surface area contributed by atoms with Gasteiger partial charge in [-0.1, -0.05) is 25.1 Å². The van der Waals surface area contributed by atoms with Gasteiger partial charge < -0.3 is 15.3 Å². The van der Waals surface area contributed by atoms with E-state index in [2.05, 4.69) is 48.3 Å². The van der Waals surface area contributed by atoms with Gasteiger partial charge in [-0.05, 0) is 25.0 Å². The Hall–Kier alpha value is -1.06. The Labute approximate surface area is 103 Å². The van der Waals surface area contributed by atoms with Crippen molar-refractivity contribution in [3.05, 3.63) is 29.8 Å². The lowest BCUT2D eigenvalue weighted by molar-refractivity contribution is 0.183. The molecule has 0 aromatic heterocycles. The van der Waals surface area contributed by atoms with Crippen LogP contribution in [0, 0.1) is 0 Å². The lowest BCUT2D eigenvalue weighted by Crippen LogP contribution is -2.35. The standard InChI is InChI=1S/C14H22N2O/c1-3-12-6-4-5-7-14(12)16-9-11(2)15-8-13(17)10-16/h4-7,11,13,15,17H,3,8-10H2,1-2H3. The molecule has 2 atom stereocenters. The smallest absolute Gasteiger partial charge is 0.0839 e. The van der Waals surface area contributed by atoms with Crippen LogP contribution in [0.2, 0.25) is 0 Å². The second-order valence-corrected chi connectivity index (χ2v) is 4.85. The van der Waals surface area contributed by atoms with Crippen molar-refractivity contribution in [3.8, 4) is 0 Å². The quantitative estimate of drug-likeness (QED) is 0.812. The SMILES string of the molecule is CCc1ccccc1N1CC(O)CNC(C)C1. The number of aliphatic hydroxyl groups excluding tert-OH is 1. The zero-order valence-corrected chi connectivity index (χ0v) is 10.7. The third kappa shape index (κ3) is 2.99. The highest BCUT2D eigenvalue weighted by molar-refractivity contribution is 5.54. The van der Waals surface area contributed by atoms with E-state index in [0.29, 0.717) is 19.1 Å². The summed E-state index contributed by atoms with van der Waals surface area (Å²) >= 11 is 0. The van der Waals surface area contributed by atoms with Crippen LogP contribution < -0.4 is 10.2 Å². The average molecular weight is 234 g/mol. The van der Waals surface area contributed by atoms with Gasteiger partial charge in [0, 0.05) is 31.4 Å². The molecule has 17 heavy (non-hydrogen) atoms. The molecule has 1 aliphatic heterocycles. The average Bonchev–Trinajstić information content (AvgIpc) is 2.51. The van der Waals surface area contributed by atoms with Crippen molar-refractivity contribution < 1.29 is 5.11 Å². The maximum absolute atomic E-state index is 9.90. The first-order valence-electron chi connectivity index (χ1n) is 6.45. The Kier molecular flexibility index (Phi) is 4.02. The van der Waals surface area contributed by atoms with Crippen LogP contribution in [0.5, 0.6) is 0 Å². The number of nitrogens with zero attached hydrogens (tertiary/aromatic N) is 1. The van der Waals surface area contributed by atoms with E-state index in [1.165, 1.54) is 11.3 Å². The minimum absolute atomic E-state index is 0.287. The third-order valence-corrected chi connectivity index (χ3v) is 3.34. The van der Waals surface area contributed by atoms with E-state index in [1.807, 2.05) is 0 Å². The molecule has 3 nitrogen and oxygen atoms in total. The summed E-state index contributed by atoms with van der Waals surface area (Å²) in [7, 11) is 0. The minimum Gasteiger partial charge on any atom is -0.390 e. The number of benzene rings is 1. The Morgan fingerprint density at radius 3 is 2.88 bits per heavy atom. The number of hydrogen-bond acceptors (Lipinski definition) is 3. The molecule has 2 N–H and O–H groups in total. The number of hydrogen-bond donors (Lipinski definition) is 2. The van der Waals surface area contributed by atoms with Crippen LogP contribution in [0.4, 0.5) is 5.69 Å². The van der Waals surface area contributed by atoms with Crippen LogP contribution in [0.3, 0.4) is 0 Å². The van der Waals surface area contributed by atoms with E-state index in [-0.39, 0.29) is 6.10 Å². The molecule has 1 saturated heterocycles. The van der Waals surface area contributed by atoms with Crippen LogP contribution in [0.25, 0.3) is 0 Å². The first-order valence-corrected chi connectivity index (χ1v) is 6.45. The number of aliphatic hydroxyl groups is 1. The molecule has 1 aromatic carbocycles. The van der Waals surface area contributed by atoms with Crippen molar-refractivity contribution in [2.45, 2.75) is 32.4 Å². The molecule has 1 aromatic rings. The van der Waals surface area contributed by atoms with Gasteiger partial charge in [-0.3, -0.25) is 0 Å². The number of anilines is 1. The molecule has 0 spiro atoms. The molecule has 0 radical (unpaired) electrons. The Morgan fingerprint density at radius 1 is 1.35 bits per heavy atom. The monoisotopic (exact) mass is 234 g/mol. The largest absolute Gasteiger partial charge is 0.390 e. The van der Waals surface area contributed by atoms with E-state index in [0.717, 1.165) is 13.0 Å². The topological polar surface area (TPSA) is 35.5 Å². The van der Waals surface area contributed by atoms with E-state index in [4.69, 9.17) is 0 Å². The third-order valence-electron chi connectivity index (χ3n) is 3.34. The molecule has 1 heterocycles. The van der Waals surface area contributed by atoms with Crippen LogP contribution in [0.1, 0.15) is 19.4 Å². The highest BCUT2D eigenvalue weighted by Gasteiger charge is 2.21. The zero-order chi connectivity index (χ0) is 12.3. The van der Waals surface area contributed by atoms with Crippen molar-refractivity contribution in [2.24, 2.45) is 0 Å². The Morgan fingerprint density at radius 2 is 2.12 bits per heavy atom. The van der Waals surface area contributed by atoms with Crippen molar-refractivity contribution in [2.75, 3.05) is 24.5 Å². The fourth-order valence-corrected chi connectivity index (χ4v) is 2.44. The fourth-order valence-electron chi connectivity index (χ4n) is 2.44. The molecule has 1 aliphatic rings. The van der Waals surface area contributed by atoms with Crippen molar-refractivity contribution in [1.82, 2.24) is 5.32 Å². The Balaban J connectivity index is 2.24. The summed E-state index contributed by atoms with van der Waals surface area (Å²) in [4.78, 5) is 2.30. The highest BCUT2D eigenvalue weighted by Crippen LogP contribution is 2.22. The molecule has 0 saturated carbocycles. The second kappa shape index (κ2) is 5.52. The van der Waals surface area contributed by atoms with Crippen LogP contribution >= 0.6 is 0 Å². The molecule has 0 aliphatic carbocycles. The fraction of sp³-hybridized carbons (Fsp3) is 0.571. The van der Waals surface area contributed by atoms with Gasteiger partial charge in [-0.25, -0.2) is 0 Å². The van der Waals surface area contributed by atoms with Gasteiger partial charge in [-0.15, -0.1) is 0 Å². The summed E-state index contributed by atoms with van der Waals surface area (Å²) in [5.74, 6) is 0. The van der Waals surface area contributed by atoms with E-state index in [9.17, 15) is 5.11 Å². The van der Waals surface area contributed by atoms with Crippen LogP contribution in [0.15, 0.2) is 24.3 Å². The zero-order valence-electron chi connectivity index (χ0n) is 10.7. The van der Waals surface area contributed by atoms with Crippen molar-refractivity contribution >= 4 is 5.69 Å². The number of rotatable bonds is 2. The molecule has 1 fully saturated rings. The molecular formula is C14H22N2O. The van der Waals surface area contributed by atoms with E-state index < -0.39 is 0 Å². The maximum Gasteiger partial charge on any atom is 0.0839 e. The van der Waals surface area contributed by atoms with Gasteiger partial charge in [-0.2, -0.15) is 0 Å². The molecule has 2 rings (SSSR count). The van der Waals surface area contributed by atoms with E-state index in [1.54, 1.807) is 0 Å². The van der Waals surface area contributed by atoms with Gasteiger partial charge in [0.15, 0.2) is 0 Å². The van der Waals surface area contributed by atoms with Crippen LogP contribution in [-0.2, 0) is 6.42 Å². The molecule has 0 amide bonds. The summed E-state index contributed by atoms with van der Waals surface area (Å²) in [6.45, 7) is 6.70. The molecule has 3 heteroatoms. The van der Waals surface area contributed by atoms with Gasteiger partial charge in [0.2, 0.25) is 0 Å². The summed E-state index contributed by atoms with van der Waals surface area (Å²) in [5.41, 5.74) is 2.62. The van der Waals surface area contributed by atoms with Crippen LogP contribution in [-0.4, -0.2) is 36.9 Å². The Bertz CT molecular complexity index is 355. The number of β-amino-alcohol motifs (C(OH)–C–C–N with tert-alkyl or cyclic N) is 1. The molecule has 94 valence electrons. The predicted molar refractivity (Wildman–Crippen MR) is 71.5 cm³/mol. The van der Waals surface area contributed by atoms with Crippen molar-refractivity contribution in [3.63, 3.8) is 0 Å². The lowest BCUT2D eigenvalue weighted by Gasteiger charge is -2.27. The summed E-state index contributed by atoms with van der Waals surface area (Å²) in [6.07, 6.45) is 0.745. The maximum atomic E-state index is 9.90. The number of nitrogens with one attached hydrogen (secondary N) is 1. The molecule has 2 unspecified atom stereocenters. The first kappa shape index (κ1) is 12.4. The summed E-state index contributed by atoms with van der Waals surface area (Å²) < 4.78 is 0. The van der Waals surface area contributed by atoms with Gasteiger partial charge in [0.1, 0.15) is 0 Å². The molecular weight excluding hydrogens is 212 g/mol. The highest BCUT2D eigenvalue weighted by atomic mass is 16.3. The van der Waals surface area contributed by atoms with Gasteiger partial charge in [0.25, 0.3) is 0 Å². The molecule has 0 bridgehead atoms. The predicted octanol–water partition coefficient (Wildman–Crippen LogP) is 1.41. The summed E-state index contributed by atoms with van der Waals surface area (Å²) in [6, 6.07) is 8.90.